The van der Waals surface area contributed by atoms with E-state index in [2.05, 4.69) is 9.88 Å². The maximum Gasteiger partial charge on any atom is 0.309 e. The molecule has 0 bridgehead atoms. The molecule has 1 fully saturated rings. The summed E-state index contributed by atoms with van der Waals surface area (Å²) in [5, 5.41) is 10.1. The van der Waals surface area contributed by atoms with Gasteiger partial charge in [-0.15, -0.1) is 0 Å². The summed E-state index contributed by atoms with van der Waals surface area (Å²) in [6, 6.07) is 9.61. The SMILES string of the molecule is CC(=O)N1CCN(c2cc(CC(=O)O)nc3ccccc23)CC1. The van der Waals surface area contributed by atoms with Crippen molar-refractivity contribution in [1.29, 1.82) is 0 Å². The van der Waals surface area contributed by atoms with E-state index < -0.39 is 5.97 Å². The molecule has 1 saturated heterocycles. The molecule has 0 aliphatic carbocycles. The van der Waals surface area contributed by atoms with Crippen LogP contribution in [0.3, 0.4) is 0 Å². The molecule has 1 aliphatic rings. The van der Waals surface area contributed by atoms with Gasteiger partial charge in [0, 0.05) is 44.2 Å². The molecule has 0 unspecified atom stereocenters. The van der Waals surface area contributed by atoms with Crippen molar-refractivity contribution in [2.24, 2.45) is 0 Å². The summed E-state index contributed by atoms with van der Waals surface area (Å²) in [5.41, 5.74) is 2.35. The lowest BCUT2D eigenvalue weighted by atomic mass is 10.1. The first kappa shape index (κ1) is 15.3. The van der Waals surface area contributed by atoms with Crippen molar-refractivity contribution in [2.45, 2.75) is 13.3 Å². The van der Waals surface area contributed by atoms with E-state index in [1.165, 1.54) is 0 Å². The Labute approximate surface area is 134 Å². The lowest BCUT2D eigenvalue weighted by Gasteiger charge is -2.36. The van der Waals surface area contributed by atoms with Crippen molar-refractivity contribution >= 4 is 28.5 Å². The van der Waals surface area contributed by atoms with E-state index >= 15 is 0 Å². The predicted octanol–water partition coefficient (Wildman–Crippen LogP) is 1.53. The van der Waals surface area contributed by atoms with Crippen LogP contribution in [0.25, 0.3) is 10.9 Å². The highest BCUT2D eigenvalue weighted by Crippen LogP contribution is 2.28. The molecule has 2 aromatic rings. The Morgan fingerprint density at radius 1 is 1.17 bits per heavy atom. The van der Waals surface area contributed by atoms with Crippen LogP contribution in [0.2, 0.25) is 0 Å². The highest BCUT2D eigenvalue weighted by Gasteiger charge is 2.21. The minimum absolute atomic E-state index is 0.0920. The molecule has 1 aliphatic heterocycles. The first-order chi connectivity index (χ1) is 11.0. The van der Waals surface area contributed by atoms with Crippen LogP contribution in [0.1, 0.15) is 12.6 Å². The number of carboxylic acids is 1. The molecule has 6 heteroatoms. The lowest BCUT2D eigenvalue weighted by Crippen LogP contribution is -2.48. The van der Waals surface area contributed by atoms with Gasteiger partial charge in [0.25, 0.3) is 0 Å². The third-order valence-corrected chi connectivity index (χ3v) is 4.15. The number of pyridine rings is 1. The first-order valence-corrected chi connectivity index (χ1v) is 7.65. The highest BCUT2D eigenvalue weighted by atomic mass is 16.4. The quantitative estimate of drug-likeness (QED) is 0.930. The summed E-state index contributed by atoms with van der Waals surface area (Å²) in [6.07, 6.45) is -0.0920. The molecule has 0 radical (unpaired) electrons. The molecule has 23 heavy (non-hydrogen) atoms. The summed E-state index contributed by atoms with van der Waals surface area (Å²) in [7, 11) is 0. The maximum atomic E-state index is 11.5. The third kappa shape index (κ3) is 3.26. The molecule has 6 nitrogen and oxygen atoms in total. The number of carbonyl (C=O) groups excluding carboxylic acids is 1. The second kappa shape index (κ2) is 6.24. The molecular formula is C17H19N3O3. The molecule has 2 heterocycles. The van der Waals surface area contributed by atoms with Crippen LogP contribution in [-0.2, 0) is 16.0 Å². The number of amides is 1. The largest absolute Gasteiger partial charge is 0.481 e. The van der Waals surface area contributed by atoms with Gasteiger partial charge in [0.2, 0.25) is 5.91 Å². The number of carbonyl (C=O) groups is 2. The standard InChI is InChI=1S/C17H19N3O3/c1-12(21)19-6-8-20(9-7-19)16-10-13(11-17(22)23)18-15-5-3-2-4-14(15)16/h2-5,10H,6-9,11H2,1H3,(H,22,23). The Bertz CT molecular complexity index is 752. The number of nitrogens with zero attached hydrogens (tertiary/aromatic N) is 3. The number of carboxylic acid groups (broad SMARTS) is 1. The van der Waals surface area contributed by atoms with Gasteiger partial charge >= 0.3 is 5.97 Å². The van der Waals surface area contributed by atoms with Crippen molar-refractivity contribution in [2.75, 3.05) is 31.1 Å². The number of rotatable bonds is 3. The number of para-hydroxylation sites is 1. The minimum Gasteiger partial charge on any atom is -0.481 e. The predicted molar refractivity (Wildman–Crippen MR) is 87.5 cm³/mol. The minimum atomic E-state index is -0.889. The summed E-state index contributed by atoms with van der Waals surface area (Å²) in [5.74, 6) is -0.795. The third-order valence-electron chi connectivity index (χ3n) is 4.15. The van der Waals surface area contributed by atoms with Gasteiger partial charge in [-0.2, -0.15) is 0 Å². The molecule has 0 spiro atoms. The van der Waals surface area contributed by atoms with Crippen molar-refractivity contribution in [3.63, 3.8) is 0 Å². The number of anilines is 1. The number of aliphatic carboxylic acids is 1. The van der Waals surface area contributed by atoms with Crippen LogP contribution < -0.4 is 4.90 Å². The fourth-order valence-electron chi connectivity index (χ4n) is 2.98. The smallest absolute Gasteiger partial charge is 0.309 e. The molecule has 0 atom stereocenters. The van der Waals surface area contributed by atoms with Crippen molar-refractivity contribution in [3.8, 4) is 0 Å². The monoisotopic (exact) mass is 313 g/mol. The normalized spacial score (nSPS) is 15.0. The summed E-state index contributed by atoms with van der Waals surface area (Å²) in [4.78, 5) is 31.0. The number of hydrogen-bond acceptors (Lipinski definition) is 4. The van der Waals surface area contributed by atoms with Gasteiger partial charge in [-0.3, -0.25) is 14.6 Å². The topological polar surface area (TPSA) is 73.7 Å². The van der Waals surface area contributed by atoms with Crippen LogP contribution in [-0.4, -0.2) is 53.0 Å². The van der Waals surface area contributed by atoms with Gasteiger partial charge in [-0.05, 0) is 12.1 Å². The van der Waals surface area contributed by atoms with E-state index in [9.17, 15) is 9.59 Å². The zero-order valence-corrected chi connectivity index (χ0v) is 13.0. The van der Waals surface area contributed by atoms with Gasteiger partial charge < -0.3 is 14.9 Å². The fourth-order valence-corrected chi connectivity index (χ4v) is 2.98. The maximum absolute atomic E-state index is 11.5. The summed E-state index contributed by atoms with van der Waals surface area (Å²) < 4.78 is 0. The van der Waals surface area contributed by atoms with Crippen LogP contribution in [0, 0.1) is 0 Å². The lowest BCUT2D eigenvalue weighted by molar-refractivity contribution is -0.136. The summed E-state index contributed by atoms with van der Waals surface area (Å²) in [6.45, 7) is 4.42. The Hall–Kier alpha value is -2.63. The molecule has 1 amide bonds. The molecule has 0 saturated carbocycles. The van der Waals surface area contributed by atoms with Crippen molar-refractivity contribution in [1.82, 2.24) is 9.88 Å². The van der Waals surface area contributed by atoms with Gasteiger partial charge in [0.1, 0.15) is 0 Å². The van der Waals surface area contributed by atoms with Crippen LogP contribution >= 0.6 is 0 Å². The Balaban J connectivity index is 1.95. The Kier molecular flexibility index (Phi) is 4.14. The number of benzene rings is 1. The second-order valence-electron chi connectivity index (χ2n) is 5.71. The number of aromatic nitrogens is 1. The zero-order valence-electron chi connectivity index (χ0n) is 13.0. The van der Waals surface area contributed by atoms with E-state index in [1.807, 2.05) is 35.2 Å². The average Bonchev–Trinajstić information content (AvgIpc) is 2.53. The van der Waals surface area contributed by atoms with E-state index in [4.69, 9.17) is 5.11 Å². The highest BCUT2D eigenvalue weighted by molar-refractivity contribution is 5.92. The van der Waals surface area contributed by atoms with Crippen LogP contribution in [0.4, 0.5) is 5.69 Å². The average molecular weight is 313 g/mol. The van der Waals surface area contributed by atoms with Crippen molar-refractivity contribution < 1.29 is 14.7 Å². The van der Waals surface area contributed by atoms with Gasteiger partial charge in [0.05, 0.1) is 17.6 Å². The second-order valence-corrected chi connectivity index (χ2v) is 5.71. The first-order valence-electron chi connectivity index (χ1n) is 7.65. The Morgan fingerprint density at radius 3 is 2.52 bits per heavy atom. The number of fused-ring (bicyclic) bond motifs is 1. The van der Waals surface area contributed by atoms with Gasteiger partial charge in [-0.1, -0.05) is 18.2 Å². The van der Waals surface area contributed by atoms with Crippen molar-refractivity contribution in [3.05, 3.63) is 36.0 Å². The molecule has 3 rings (SSSR count). The van der Waals surface area contributed by atoms with E-state index in [-0.39, 0.29) is 12.3 Å². The van der Waals surface area contributed by atoms with Crippen LogP contribution in [0.15, 0.2) is 30.3 Å². The van der Waals surface area contributed by atoms with E-state index in [0.29, 0.717) is 18.8 Å². The summed E-state index contributed by atoms with van der Waals surface area (Å²) >= 11 is 0. The van der Waals surface area contributed by atoms with Gasteiger partial charge in [0.15, 0.2) is 0 Å². The van der Waals surface area contributed by atoms with E-state index in [1.54, 1.807) is 6.92 Å². The number of hydrogen-bond donors (Lipinski definition) is 1. The van der Waals surface area contributed by atoms with E-state index in [0.717, 1.165) is 29.7 Å². The zero-order chi connectivity index (χ0) is 16.4. The number of piperazine rings is 1. The Morgan fingerprint density at radius 2 is 1.87 bits per heavy atom. The molecule has 1 aromatic heterocycles. The molecule has 1 N–H and O–H groups in total. The fraction of sp³-hybridized carbons (Fsp3) is 0.353. The van der Waals surface area contributed by atoms with Gasteiger partial charge in [-0.25, -0.2) is 0 Å². The molecule has 120 valence electrons. The molecule has 1 aromatic carbocycles. The molecular weight excluding hydrogens is 294 g/mol. The van der Waals surface area contributed by atoms with Crippen LogP contribution in [0.5, 0.6) is 0 Å².